The average molecular weight is 207 g/mol. The first-order chi connectivity index (χ1) is 7.02. The number of hydrogen-bond acceptors (Lipinski definition) is 4. The second-order valence-corrected chi connectivity index (χ2v) is 3.97. The monoisotopic (exact) mass is 207 g/mol. The Morgan fingerprint density at radius 3 is 2.73 bits per heavy atom. The van der Waals surface area contributed by atoms with E-state index in [9.17, 15) is 4.79 Å². The van der Waals surface area contributed by atoms with Gasteiger partial charge in [0.05, 0.1) is 5.56 Å². The van der Waals surface area contributed by atoms with Gasteiger partial charge in [-0.2, -0.15) is 0 Å². The molecule has 0 radical (unpaired) electrons. The Morgan fingerprint density at radius 2 is 2.20 bits per heavy atom. The minimum absolute atomic E-state index is 0.0400. The molecule has 1 atom stereocenters. The largest absolute Gasteiger partial charge is 0.383 e. The summed E-state index contributed by atoms with van der Waals surface area (Å²) in [4.78, 5) is 15.6. The smallest absolute Gasteiger partial charge is 0.168 e. The highest BCUT2D eigenvalue weighted by Gasteiger charge is 2.16. The van der Waals surface area contributed by atoms with Crippen LogP contribution in [-0.4, -0.2) is 16.8 Å². The number of Topliss-reactive ketones (excluding diaryl/α,β-unsaturated/α-hetero) is 1. The number of aromatic nitrogens is 1. The highest BCUT2D eigenvalue weighted by molar-refractivity contribution is 6.00. The van der Waals surface area contributed by atoms with Crippen molar-refractivity contribution in [3.63, 3.8) is 0 Å². The molecule has 0 aliphatic carbocycles. The molecule has 0 fully saturated rings. The molecular weight excluding hydrogens is 190 g/mol. The third-order valence-electron chi connectivity index (χ3n) is 2.42. The normalized spacial score (nSPS) is 12.8. The number of anilines is 1. The number of carbonyl (C=O) groups is 1. The minimum Gasteiger partial charge on any atom is -0.383 e. The van der Waals surface area contributed by atoms with Crippen molar-refractivity contribution in [3.8, 4) is 0 Å². The second kappa shape index (κ2) is 4.89. The van der Waals surface area contributed by atoms with E-state index >= 15 is 0 Å². The van der Waals surface area contributed by atoms with Crippen LogP contribution in [0.1, 0.15) is 30.6 Å². The first kappa shape index (κ1) is 11.7. The molecule has 0 bridgehead atoms. The van der Waals surface area contributed by atoms with E-state index in [0.29, 0.717) is 12.0 Å². The molecule has 1 aromatic heterocycles. The molecule has 0 spiro atoms. The van der Waals surface area contributed by atoms with Gasteiger partial charge in [0.15, 0.2) is 5.78 Å². The molecule has 1 rings (SSSR count). The molecule has 4 heteroatoms. The third-order valence-corrected chi connectivity index (χ3v) is 2.42. The number of nitrogens with zero attached hydrogens (tertiary/aromatic N) is 1. The predicted molar refractivity (Wildman–Crippen MR) is 60.4 cm³/mol. The molecule has 82 valence electrons. The van der Waals surface area contributed by atoms with Crippen molar-refractivity contribution in [3.05, 3.63) is 23.9 Å². The van der Waals surface area contributed by atoms with E-state index in [1.54, 1.807) is 18.3 Å². The molecule has 1 aromatic rings. The van der Waals surface area contributed by atoms with Gasteiger partial charge in [-0.1, -0.05) is 13.8 Å². The Bertz CT molecular complexity index is 349. The molecule has 0 aromatic carbocycles. The molecule has 0 saturated heterocycles. The topological polar surface area (TPSA) is 82.0 Å². The van der Waals surface area contributed by atoms with E-state index in [1.807, 2.05) is 13.8 Å². The van der Waals surface area contributed by atoms with Crippen LogP contribution in [0.15, 0.2) is 18.3 Å². The zero-order valence-corrected chi connectivity index (χ0v) is 9.10. The van der Waals surface area contributed by atoms with Crippen molar-refractivity contribution in [2.75, 3.05) is 5.73 Å². The Kier molecular flexibility index (Phi) is 3.80. The van der Waals surface area contributed by atoms with Crippen molar-refractivity contribution in [1.82, 2.24) is 4.98 Å². The molecule has 1 heterocycles. The van der Waals surface area contributed by atoms with Gasteiger partial charge in [-0.25, -0.2) is 4.98 Å². The van der Waals surface area contributed by atoms with Crippen LogP contribution in [0.3, 0.4) is 0 Å². The summed E-state index contributed by atoms with van der Waals surface area (Å²) in [6.45, 7) is 3.98. The Hall–Kier alpha value is -1.42. The summed E-state index contributed by atoms with van der Waals surface area (Å²) < 4.78 is 0. The summed E-state index contributed by atoms with van der Waals surface area (Å²) >= 11 is 0. The summed E-state index contributed by atoms with van der Waals surface area (Å²) in [6, 6.07) is 3.25. The van der Waals surface area contributed by atoms with Gasteiger partial charge in [-0.05, 0) is 18.1 Å². The van der Waals surface area contributed by atoms with Crippen LogP contribution < -0.4 is 11.5 Å². The molecule has 0 amide bonds. The fraction of sp³-hybridized carbons (Fsp3) is 0.455. The fourth-order valence-corrected chi connectivity index (χ4v) is 1.21. The van der Waals surface area contributed by atoms with Crippen LogP contribution in [-0.2, 0) is 0 Å². The maximum atomic E-state index is 11.8. The lowest BCUT2D eigenvalue weighted by molar-refractivity contribution is 0.0968. The first-order valence-corrected chi connectivity index (χ1v) is 5.01. The number of ketones is 1. The number of rotatable bonds is 4. The molecule has 15 heavy (non-hydrogen) atoms. The zero-order valence-electron chi connectivity index (χ0n) is 9.10. The van der Waals surface area contributed by atoms with Gasteiger partial charge < -0.3 is 11.5 Å². The van der Waals surface area contributed by atoms with Crippen molar-refractivity contribution in [2.45, 2.75) is 26.3 Å². The van der Waals surface area contributed by atoms with Gasteiger partial charge in [-0.15, -0.1) is 0 Å². The van der Waals surface area contributed by atoms with E-state index in [-0.39, 0.29) is 23.6 Å². The van der Waals surface area contributed by atoms with E-state index in [0.717, 1.165) is 0 Å². The molecule has 1 unspecified atom stereocenters. The van der Waals surface area contributed by atoms with Gasteiger partial charge in [0, 0.05) is 18.7 Å². The van der Waals surface area contributed by atoms with Crippen molar-refractivity contribution < 1.29 is 4.79 Å². The van der Waals surface area contributed by atoms with Crippen LogP contribution in [0.25, 0.3) is 0 Å². The van der Waals surface area contributed by atoms with Crippen LogP contribution in [0, 0.1) is 5.92 Å². The molecule has 0 aliphatic heterocycles. The summed E-state index contributed by atoms with van der Waals surface area (Å²) in [5, 5.41) is 0. The molecule has 4 nitrogen and oxygen atoms in total. The predicted octanol–water partition coefficient (Wildman–Crippen LogP) is 1.22. The van der Waals surface area contributed by atoms with Gasteiger partial charge in [-0.3, -0.25) is 4.79 Å². The number of carbonyl (C=O) groups excluding carboxylic acids is 1. The third kappa shape index (κ3) is 3.02. The van der Waals surface area contributed by atoms with Crippen molar-refractivity contribution in [1.29, 1.82) is 0 Å². The fourth-order valence-electron chi connectivity index (χ4n) is 1.21. The second-order valence-electron chi connectivity index (χ2n) is 3.97. The van der Waals surface area contributed by atoms with Crippen LogP contribution >= 0.6 is 0 Å². The van der Waals surface area contributed by atoms with Crippen LogP contribution in [0.5, 0.6) is 0 Å². The van der Waals surface area contributed by atoms with E-state index in [1.165, 1.54) is 0 Å². The quantitative estimate of drug-likeness (QED) is 0.727. The summed E-state index contributed by atoms with van der Waals surface area (Å²) in [6.07, 6.45) is 1.88. The van der Waals surface area contributed by atoms with Crippen molar-refractivity contribution >= 4 is 11.6 Å². The zero-order chi connectivity index (χ0) is 11.4. The molecular formula is C11H17N3O. The minimum atomic E-state index is -0.128. The maximum absolute atomic E-state index is 11.8. The standard InChI is InChI=1S/C11H17N3O/c1-7(2)9(12)6-10(15)8-4-3-5-14-11(8)13/h3-5,7,9H,6,12H2,1-2H3,(H2,13,14). The Labute approximate surface area is 89.7 Å². The van der Waals surface area contributed by atoms with Gasteiger partial charge in [0.2, 0.25) is 0 Å². The average Bonchev–Trinajstić information content (AvgIpc) is 2.18. The Morgan fingerprint density at radius 1 is 1.53 bits per heavy atom. The Balaban J connectivity index is 2.74. The SMILES string of the molecule is CC(C)C(N)CC(=O)c1cccnc1N. The molecule has 0 saturated carbocycles. The summed E-state index contributed by atoms with van der Waals surface area (Å²) in [5.41, 5.74) is 11.9. The van der Waals surface area contributed by atoms with Crippen molar-refractivity contribution in [2.24, 2.45) is 11.7 Å². The van der Waals surface area contributed by atoms with E-state index in [4.69, 9.17) is 11.5 Å². The number of nitrogen functional groups attached to an aromatic ring is 1. The lowest BCUT2D eigenvalue weighted by Gasteiger charge is -2.14. The van der Waals surface area contributed by atoms with Gasteiger partial charge in [0.25, 0.3) is 0 Å². The van der Waals surface area contributed by atoms with Crippen LogP contribution in [0.4, 0.5) is 5.82 Å². The maximum Gasteiger partial charge on any atom is 0.168 e. The molecule has 4 N–H and O–H groups in total. The molecule has 0 aliphatic rings. The number of hydrogen-bond donors (Lipinski definition) is 2. The summed E-state index contributed by atoms with van der Waals surface area (Å²) in [5.74, 6) is 0.520. The van der Waals surface area contributed by atoms with Crippen LogP contribution in [0.2, 0.25) is 0 Å². The lowest BCUT2D eigenvalue weighted by Crippen LogP contribution is -2.29. The first-order valence-electron chi connectivity index (χ1n) is 5.01. The van der Waals surface area contributed by atoms with Gasteiger partial charge >= 0.3 is 0 Å². The van der Waals surface area contributed by atoms with Gasteiger partial charge in [0.1, 0.15) is 5.82 Å². The lowest BCUT2D eigenvalue weighted by atomic mass is 9.97. The number of pyridine rings is 1. The number of nitrogens with two attached hydrogens (primary N) is 2. The highest BCUT2D eigenvalue weighted by atomic mass is 16.1. The highest BCUT2D eigenvalue weighted by Crippen LogP contribution is 2.13. The summed E-state index contributed by atoms with van der Waals surface area (Å²) in [7, 11) is 0. The van der Waals surface area contributed by atoms with E-state index in [2.05, 4.69) is 4.98 Å². The van der Waals surface area contributed by atoms with E-state index < -0.39 is 0 Å².